The van der Waals surface area contributed by atoms with E-state index in [-0.39, 0.29) is 5.38 Å². The van der Waals surface area contributed by atoms with Crippen LogP contribution in [0.15, 0.2) is 24.4 Å². The Bertz CT molecular complexity index is 285. The molecule has 2 atom stereocenters. The molecule has 0 saturated carbocycles. The van der Waals surface area contributed by atoms with Crippen LogP contribution in [0.25, 0.3) is 0 Å². The summed E-state index contributed by atoms with van der Waals surface area (Å²) in [5.41, 5.74) is 1.07. The molecule has 2 nitrogen and oxygen atoms in total. The topological polar surface area (TPSA) is 22.1 Å². The van der Waals surface area contributed by atoms with Crippen molar-refractivity contribution in [2.75, 3.05) is 13.2 Å². The zero-order valence-electron chi connectivity index (χ0n) is 8.73. The zero-order valence-corrected chi connectivity index (χ0v) is 9.49. The second-order valence-corrected chi connectivity index (χ2v) is 4.58. The van der Waals surface area contributed by atoms with E-state index in [0.717, 1.165) is 31.7 Å². The average Bonchev–Trinajstić information content (AvgIpc) is 2.31. The minimum atomic E-state index is 0.153. The van der Waals surface area contributed by atoms with Gasteiger partial charge in [-0.15, -0.1) is 11.6 Å². The van der Waals surface area contributed by atoms with Crippen molar-refractivity contribution >= 4 is 11.6 Å². The van der Waals surface area contributed by atoms with Gasteiger partial charge in [-0.1, -0.05) is 6.07 Å². The molecule has 1 aromatic rings. The van der Waals surface area contributed by atoms with Gasteiger partial charge in [0.2, 0.25) is 0 Å². The van der Waals surface area contributed by atoms with Crippen molar-refractivity contribution in [3.8, 4) is 0 Å². The number of alkyl halides is 1. The Kier molecular flexibility index (Phi) is 3.98. The van der Waals surface area contributed by atoms with E-state index in [0.29, 0.717) is 5.92 Å². The van der Waals surface area contributed by atoms with Crippen LogP contribution in [-0.4, -0.2) is 23.6 Å². The van der Waals surface area contributed by atoms with Gasteiger partial charge >= 0.3 is 0 Å². The summed E-state index contributed by atoms with van der Waals surface area (Å²) in [4.78, 5) is 4.29. The third-order valence-electron chi connectivity index (χ3n) is 2.84. The fourth-order valence-electron chi connectivity index (χ4n) is 1.94. The van der Waals surface area contributed by atoms with Gasteiger partial charge in [-0.2, -0.15) is 0 Å². The van der Waals surface area contributed by atoms with E-state index in [1.165, 1.54) is 6.42 Å². The first-order chi connectivity index (χ1) is 7.36. The first-order valence-corrected chi connectivity index (χ1v) is 5.91. The maximum atomic E-state index is 6.37. The highest BCUT2D eigenvalue weighted by Crippen LogP contribution is 2.23. The van der Waals surface area contributed by atoms with Crippen LogP contribution in [0.1, 0.15) is 18.5 Å². The molecule has 1 aliphatic heterocycles. The zero-order chi connectivity index (χ0) is 10.5. The van der Waals surface area contributed by atoms with Crippen molar-refractivity contribution in [3.63, 3.8) is 0 Å². The van der Waals surface area contributed by atoms with E-state index < -0.39 is 0 Å². The Hall–Kier alpha value is -0.600. The average molecular weight is 226 g/mol. The second kappa shape index (κ2) is 5.47. The van der Waals surface area contributed by atoms with Crippen LogP contribution in [0.2, 0.25) is 0 Å². The van der Waals surface area contributed by atoms with E-state index in [9.17, 15) is 0 Å². The van der Waals surface area contributed by atoms with Gasteiger partial charge in [0.15, 0.2) is 0 Å². The highest BCUT2D eigenvalue weighted by molar-refractivity contribution is 6.20. The van der Waals surface area contributed by atoms with Gasteiger partial charge in [0.1, 0.15) is 0 Å². The molecular weight excluding hydrogens is 210 g/mol. The second-order valence-electron chi connectivity index (χ2n) is 4.02. The first kappa shape index (κ1) is 10.9. The van der Waals surface area contributed by atoms with Crippen LogP contribution in [0.3, 0.4) is 0 Å². The van der Waals surface area contributed by atoms with Crippen LogP contribution in [-0.2, 0) is 11.2 Å². The minimum absolute atomic E-state index is 0.153. The molecule has 3 heteroatoms. The number of hydrogen-bond acceptors (Lipinski definition) is 2. The molecule has 2 heterocycles. The molecule has 1 saturated heterocycles. The predicted octanol–water partition coefficient (Wildman–Crippen LogP) is 2.66. The highest BCUT2D eigenvalue weighted by atomic mass is 35.5. The fourth-order valence-corrected chi connectivity index (χ4v) is 2.29. The number of rotatable bonds is 3. The third-order valence-corrected chi connectivity index (χ3v) is 3.35. The van der Waals surface area contributed by atoms with Gasteiger partial charge in [-0.25, -0.2) is 0 Å². The van der Waals surface area contributed by atoms with Crippen molar-refractivity contribution in [2.45, 2.75) is 24.6 Å². The maximum Gasteiger partial charge on any atom is 0.0508 e. The van der Waals surface area contributed by atoms with Gasteiger partial charge in [-0.3, -0.25) is 4.98 Å². The van der Waals surface area contributed by atoms with Gasteiger partial charge < -0.3 is 4.74 Å². The standard InChI is InChI=1S/C12H16ClNO/c13-12(10-4-3-7-15-9-10)8-11-5-1-2-6-14-11/h1-2,5-6,10,12H,3-4,7-9H2. The molecule has 1 fully saturated rings. The van der Waals surface area contributed by atoms with Crippen LogP contribution in [0.4, 0.5) is 0 Å². The van der Waals surface area contributed by atoms with Gasteiger partial charge in [-0.05, 0) is 30.9 Å². The lowest BCUT2D eigenvalue weighted by Gasteiger charge is -2.25. The molecule has 0 aliphatic carbocycles. The summed E-state index contributed by atoms with van der Waals surface area (Å²) >= 11 is 6.37. The molecule has 1 aliphatic rings. The number of halogens is 1. The summed E-state index contributed by atoms with van der Waals surface area (Å²) in [6.07, 6.45) is 4.98. The Morgan fingerprint density at radius 3 is 3.13 bits per heavy atom. The third kappa shape index (κ3) is 3.18. The number of pyridine rings is 1. The van der Waals surface area contributed by atoms with Crippen molar-refractivity contribution in [2.24, 2.45) is 5.92 Å². The molecule has 2 rings (SSSR count). The maximum absolute atomic E-state index is 6.37. The van der Waals surface area contributed by atoms with Crippen LogP contribution >= 0.6 is 11.6 Å². The number of hydrogen-bond donors (Lipinski definition) is 0. The summed E-state index contributed by atoms with van der Waals surface area (Å²) in [6, 6.07) is 5.96. The Morgan fingerprint density at radius 1 is 1.53 bits per heavy atom. The fraction of sp³-hybridized carbons (Fsp3) is 0.583. The number of ether oxygens (including phenoxy) is 1. The number of nitrogens with zero attached hydrogens (tertiary/aromatic N) is 1. The Balaban J connectivity index is 1.88. The molecule has 15 heavy (non-hydrogen) atoms. The van der Waals surface area contributed by atoms with E-state index in [1.807, 2.05) is 24.4 Å². The summed E-state index contributed by atoms with van der Waals surface area (Å²) in [5.74, 6) is 0.488. The molecule has 0 N–H and O–H groups in total. The van der Waals surface area contributed by atoms with Crippen LogP contribution < -0.4 is 0 Å². The SMILES string of the molecule is ClC(Cc1ccccn1)C1CCCOC1. The minimum Gasteiger partial charge on any atom is -0.381 e. The van der Waals surface area contributed by atoms with E-state index in [1.54, 1.807) is 0 Å². The smallest absolute Gasteiger partial charge is 0.0508 e. The van der Waals surface area contributed by atoms with Crippen molar-refractivity contribution in [1.29, 1.82) is 0 Å². The van der Waals surface area contributed by atoms with Crippen molar-refractivity contribution in [1.82, 2.24) is 4.98 Å². The monoisotopic (exact) mass is 225 g/mol. The summed E-state index contributed by atoms with van der Waals surface area (Å²) in [6.45, 7) is 1.70. The molecule has 0 bridgehead atoms. The molecule has 82 valence electrons. The van der Waals surface area contributed by atoms with Gasteiger partial charge in [0, 0.05) is 30.3 Å². The quantitative estimate of drug-likeness (QED) is 0.738. The van der Waals surface area contributed by atoms with Crippen LogP contribution in [0, 0.1) is 5.92 Å². The molecule has 0 radical (unpaired) electrons. The summed E-state index contributed by atoms with van der Waals surface area (Å²) in [5, 5.41) is 0.153. The lowest BCUT2D eigenvalue weighted by Crippen LogP contribution is -2.27. The largest absolute Gasteiger partial charge is 0.381 e. The Morgan fingerprint density at radius 2 is 2.47 bits per heavy atom. The number of aromatic nitrogens is 1. The molecular formula is C12H16ClNO. The van der Waals surface area contributed by atoms with E-state index in [2.05, 4.69) is 4.98 Å². The van der Waals surface area contributed by atoms with Gasteiger partial charge in [0.05, 0.1) is 6.61 Å². The lowest BCUT2D eigenvalue weighted by molar-refractivity contribution is 0.0532. The van der Waals surface area contributed by atoms with Crippen molar-refractivity contribution in [3.05, 3.63) is 30.1 Å². The molecule has 1 aromatic heterocycles. The lowest BCUT2D eigenvalue weighted by atomic mass is 9.95. The van der Waals surface area contributed by atoms with Crippen molar-refractivity contribution < 1.29 is 4.74 Å². The normalized spacial score (nSPS) is 23.7. The molecule has 0 amide bonds. The van der Waals surface area contributed by atoms with Crippen LogP contribution in [0.5, 0.6) is 0 Å². The molecule has 2 unspecified atom stereocenters. The van der Waals surface area contributed by atoms with E-state index >= 15 is 0 Å². The Labute approximate surface area is 95.6 Å². The first-order valence-electron chi connectivity index (χ1n) is 5.48. The van der Waals surface area contributed by atoms with Gasteiger partial charge in [0.25, 0.3) is 0 Å². The summed E-state index contributed by atoms with van der Waals surface area (Å²) in [7, 11) is 0. The van der Waals surface area contributed by atoms with E-state index in [4.69, 9.17) is 16.3 Å². The molecule has 0 aromatic carbocycles. The summed E-state index contributed by atoms with van der Waals surface area (Å²) < 4.78 is 5.44. The highest BCUT2D eigenvalue weighted by Gasteiger charge is 2.22. The molecule has 0 spiro atoms. The predicted molar refractivity (Wildman–Crippen MR) is 61.1 cm³/mol.